The summed E-state index contributed by atoms with van der Waals surface area (Å²) in [7, 11) is 0. The number of nitrogens with one attached hydrogen (secondary N) is 1. The van der Waals surface area contributed by atoms with Crippen LogP contribution in [0.5, 0.6) is 0 Å². The van der Waals surface area contributed by atoms with E-state index in [9.17, 15) is 40.5 Å². The summed E-state index contributed by atoms with van der Waals surface area (Å²) >= 11 is 0. The first-order valence-electron chi connectivity index (χ1n) is 12.5. The molecule has 11 heteroatoms. The van der Waals surface area contributed by atoms with E-state index in [0.29, 0.717) is 0 Å². The third-order valence-electron chi connectivity index (χ3n) is 11.3. The number of aliphatic hydroxyl groups excluding tert-OH is 2. The summed E-state index contributed by atoms with van der Waals surface area (Å²) in [5.41, 5.74) is -16.7. The zero-order chi connectivity index (χ0) is 26.5. The van der Waals surface area contributed by atoms with E-state index in [0.717, 1.165) is 0 Å². The molecule has 200 valence electrons. The normalized spacial score (nSPS) is 58.5. The van der Waals surface area contributed by atoms with E-state index in [-0.39, 0.29) is 18.5 Å². The van der Waals surface area contributed by atoms with Gasteiger partial charge in [-0.15, -0.1) is 0 Å². The maximum absolute atomic E-state index is 13.2. The zero-order valence-electron chi connectivity index (χ0n) is 20.7. The second kappa shape index (κ2) is 6.35. The first-order chi connectivity index (χ1) is 16.6. The molecule has 6 fully saturated rings. The van der Waals surface area contributed by atoms with Crippen LogP contribution in [0.2, 0.25) is 0 Å². The van der Waals surface area contributed by atoms with Crippen LogP contribution in [-0.4, -0.2) is 99.3 Å². The molecule has 6 aliphatic rings. The van der Waals surface area contributed by atoms with Crippen LogP contribution < -0.4 is 0 Å². The number of aromatic amines is 1. The standard InChI is InChI=1S/C25H35NO10/c1-12(2)22(32)17(35-16(29)14-6-5-9-26-14)23(33)19(11-27)10-21(31)18(22,4)25(23,34)24(36-21)15(28)13(3)7-8-20(19,24)30/h5-6,9,12-13,15,17,26-28,30-34H,7-8,10-11H2,1-4H3/t13-,15+,17-,18+,19+,20-,21-,22-,23-,24+,25+/m0/s1. The smallest absolute Gasteiger partial charge is 0.355 e. The highest BCUT2D eigenvalue weighted by Gasteiger charge is 3.11. The highest BCUT2D eigenvalue weighted by Crippen LogP contribution is 2.90. The van der Waals surface area contributed by atoms with Crippen molar-refractivity contribution in [3.8, 4) is 0 Å². The number of carbonyl (C=O) groups excluding carboxylic acids is 1. The predicted octanol–water partition coefficient (Wildman–Crippen LogP) is -1.22. The zero-order valence-corrected chi connectivity index (χ0v) is 20.7. The predicted molar refractivity (Wildman–Crippen MR) is 120 cm³/mol. The first kappa shape index (κ1) is 24.7. The van der Waals surface area contributed by atoms with Gasteiger partial charge in [-0.1, -0.05) is 20.8 Å². The Morgan fingerprint density at radius 1 is 1.25 bits per heavy atom. The van der Waals surface area contributed by atoms with Crippen molar-refractivity contribution >= 4 is 5.97 Å². The Bertz CT molecular complexity index is 1140. The molecule has 1 spiro atoms. The molecule has 6 bridgehead atoms. The van der Waals surface area contributed by atoms with Gasteiger partial charge in [-0.2, -0.15) is 0 Å². The summed E-state index contributed by atoms with van der Waals surface area (Å²) in [4.78, 5) is 15.9. The molecule has 0 radical (unpaired) electrons. The molecule has 3 heterocycles. The molecule has 1 aromatic heterocycles. The summed E-state index contributed by atoms with van der Waals surface area (Å²) in [6.07, 6.45) is -2.41. The van der Waals surface area contributed by atoms with Gasteiger partial charge in [-0.25, -0.2) is 4.79 Å². The number of rotatable bonds is 4. The maximum atomic E-state index is 13.2. The van der Waals surface area contributed by atoms with Crippen molar-refractivity contribution in [2.24, 2.45) is 22.7 Å². The van der Waals surface area contributed by atoms with Crippen molar-refractivity contribution in [2.45, 2.75) is 93.0 Å². The van der Waals surface area contributed by atoms with Crippen molar-refractivity contribution in [1.29, 1.82) is 0 Å². The van der Waals surface area contributed by atoms with Crippen molar-refractivity contribution in [2.75, 3.05) is 6.61 Å². The molecular formula is C25H35NO10. The number of ether oxygens (including phenoxy) is 2. The topological polar surface area (TPSA) is 193 Å². The van der Waals surface area contributed by atoms with E-state index in [1.54, 1.807) is 26.8 Å². The van der Waals surface area contributed by atoms with Crippen LogP contribution in [0.3, 0.4) is 0 Å². The van der Waals surface area contributed by atoms with Gasteiger partial charge >= 0.3 is 5.97 Å². The Morgan fingerprint density at radius 2 is 1.92 bits per heavy atom. The van der Waals surface area contributed by atoms with E-state index in [2.05, 4.69) is 4.98 Å². The molecule has 0 aromatic carbocycles. The maximum Gasteiger partial charge on any atom is 0.355 e. The second-order valence-corrected chi connectivity index (χ2v) is 12.3. The Labute approximate surface area is 207 Å². The van der Waals surface area contributed by atoms with E-state index in [4.69, 9.17) is 9.47 Å². The Morgan fingerprint density at radius 3 is 2.47 bits per heavy atom. The van der Waals surface area contributed by atoms with E-state index in [1.165, 1.54) is 19.2 Å². The number of H-pyrrole nitrogens is 1. The fourth-order valence-corrected chi connectivity index (χ4v) is 9.62. The molecule has 8 N–H and O–H groups in total. The lowest BCUT2D eigenvalue weighted by molar-refractivity contribution is -0.396. The van der Waals surface area contributed by atoms with Crippen molar-refractivity contribution in [3.05, 3.63) is 24.0 Å². The van der Waals surface area contributed by atoms with Crippen LogP contribution in [0.25, 0.3) is 0 Å². The van der Waals surface area contributed by atoms with Crippen molar-refractivity contribution in [3.63, 3.8) is 0 Å². The van der Waals surface area contributed by atoms with Gasteiger partial charge in [0.15, 0.2) is 17.5 Å². The average Bonchev–Trinajstić information content (AvgIpc) is 3.45. The number of hydrogen-bond acceptors (Lipinski definition) is 10. The molecule has 2 saturated heterocycles. The Kier molecular flexibility index (Phi) is 4.36. The molecule has 11 nitrogen and oxygen atoms in total. The Balaban J connectivity index is 1.71. The van der Waals surface area contributed by atoms with Crippen LogP contribution >= 0.6 is 0 Å². The SMILES string of the molecule is CC(C)[C@]1(O)[C@H](OC(=O)c2ccc[nH]2)[C@]2(O)[C@@]3(CO)C[C@]4(O)O[C@@]5([C@H](O)[C@@H](C)CC[C@]35O)[C@@]2(O)[C@]41C. The molecule has 0 unspecified atom stereocenters. The van der Waals surface area contributed by atoms with Crippen molar-refractivity contribution < 1.29 is 50.0 Å². The highest BCUT2D eigenvalue weighted by molar-refractivity contribution is 5.87. The lowest BCUT2D eigenvalue weighted by Gasteiger charge is -2.61. The number of aromatic nitrogens is 1. The molecule has 11 atom stereocenters. The van der Waals surface area contributed by atoms with Crippen LogP contribution in [0, 0.1) is 22.7 Å². The molecule has 2 aliphatic heterocycles. The molecule has 36 heavy (non-hydrogen) atoms. The lowest BCUT2D eigenvalue weighted by Crippen LogP contribution is -2.75. The fourth-order valence-electron chi connectivity index (χ4n) is 9.62. The van der Waals surface area contributed by atoms with Gasteiger partial charge < -0.3 is 50.2 Å². The Hall–Kier alpha value is -1.57. The molecule has 7 rings (SSSR count). The average molecular weight is 510 g/mol. The van der Waals surface area contributed by atoms with Crippen LogP contribution in [0.4, 0.5) is 0 Å². The summed E-state index contributed by atoms with van der Waals surface area (Å²) < 4.78 is 12.0. The molecule has 0 amide bonds. The van der Waals surface area contributed by atoms with Gasteiger partial charge in [-0.05, 0) is 43.7 Å². The number of carbonyl (C=O) groups is 1. The number of aliphatic hydroxyl groups is 7. The minimum Gasteiger partial charge on any atom is -0.451 e. The summed E-state index contributed by atoms with van der Waals surface area (Å²) in [5, 5.41) is 85.0. The quantitative estimate of drug-likeness (QED) is 0.228. The summed E-state index contributed by atoms with van der Waals surface area (Å²) in [6.45, 7) is 5.23. The number of esters is 1. The number of hydrogen-bond donors (Lipinski definition) is 8. The fraction of sp³-hybridized carbons (Fsp3) is 0.800. The highest BCUT2D eigenvalue weighted by atomic mass is 16.7. The summed E-state index contributed by atoms with van der Waals surface area (Å²) in [6, 6.07) is 2.99. The van der Waals surface area contributed by atoms with Gasteiger partial charge in [0.25, 0.3) is 0 Å². The minimum absolute atomic E-state index is 0.0109. The van der Waals surface area contributed by atoms with Gasteiger partial charge in [-0.3, -0.25) is 0 Å². The van der Waals surface area contributed by atoms with Crippen LogP contribution in [0.1, 0.15) is 57.4 Å². The second-order valence-electron chi connectivity index (χ2n) is 12.3. The first-order valence-corrected chi connectivity index (χ1v) is 12.5. The molecular weight excluding hydrogens is 474 g/mol. The van der Waals surface area contributed by atoms with E-state index in [1.807, 2.05) is 0 Å². The van der Waals surface area contributed by atoms with Crippen LogP contribution in [0.15, 0.2) is 18.3 Å². The molecule has 4 saturated carbocycles. The third kappa shape index (κ3) is 1.77. The largest absolute Gasteiger partial charge is 0.451 e. The lowest BCUT2D eigenvalue weighted by atomic mass is 9.52. The van der Waals surface area contributed by atoms with Gasteiger partial charge in [0.1, 0.15) is 28.1 Å². The molecule has 1 aromatic rings. The van der Waals surface area contributed by atoms with Gasteiger partial charge in [0.2, 0.25) is 0 Å². The van der Waals surface area contributed by atoms with E-state index < -0.39 is 87.7 Å². The van der Waals surface area contributed by atoms with Gasteiger partial charge in [0, 0.05) is 12.6 Å². The molecule has 4 aliphatic carbocycles. The third-order valence-corrected chi connectivity index (χ3v) is 11.3. The van der Waals surface area contributed by atoms with Gasteiger partial charge in [0.05, 0.1) is 23.5 Å². The van der Waals surface area contributed by atoms with Crippen LogP contribution in [-0.2, 0) is 9.47 Å². The van der Waals surface area contributed by atoms with E-state index >= 15 is 0 Å². The van der Waals surface area contributed by atoms with Crippen molar-refractivity contribution in [1.82, 2.24) is 4.98 Å². The monoisotopic (exact) mass is 509 g/mol. The minimum atomic E-state index is -2.74. The summed E-state index contributed by atoms with van der Waals surface area (Å²) in [5.74, 6) is -4.74.